The summed E-state index contributed by atoms with van der Waals surface area (Å²) in [5.41, 5.74) is 2.05. The van der Waals surface area contributed by atoms with Gasteiger partial charge in [-0.05, 0) is 38.1 Å². The number of benzene rings is 1. The summed E-state index contributed by atoms with van der Waals surface area (Å²) in [6, 6.07) is 10.9. The predicted octanol–water partition coefficient (Wildman–Crippen LogP) is 4.17. The molecule has 0 atom stereocenters. The number of rotatable bonds is 6. The third-order valence-corrected chi connectivity index (χ3v) is 4.79. The van der Waals surface area contributed by atoms with Crippen molar-refractivity contribution in [3.63, 3.8) is 0 Å². The van der Waals surface area contributed by atoms with Gasteiger partial charge in [-0.2, -0.15) is 0 Å². The van der Waals surface area contributed by atoms with Crippen LogP contribution < -0.4 is 14.8 Å². The molecular weight excluding hydrogens is 350 g/mol. The monoisotopic (exact) mass is 369 g/mol. The van der Waals surface area contributed by atoms with Crippen molar-refractivity contribution in [2.24, 2.45) is 0 Å². The molecule has 1 aromatic carbocycles. The van der Waals surface area contributed by atoms with Crippen molar-refractivity contribution in [1.82, 2.24) is 9.97 Å². The summed E-state index contributed by atoms with van der Waals surface area (Å²) in [4.78, 5) is 22.0. The molecule has 0 fully saturated rings. The molecule has 0 radical (unpaired) electrons. The van der Waals surface area contributed by atoms with Gasteiger partial charge in [0.2, 0.25) is 0 Å². The smallest absolute Gasteiger partial charge is 0.267 e. The number of thiazole rings is 1. The summed E-state index contributed by atoms with van der Waals surface area (Å²) in [6.07, 6.45) is 1.71. The lowest BCUT2D eigenvalue weighted by atomic mass is 10.2. The number of ether oxygens (including phenoxy) is 2. The van der Waals surface area contributed by atoms with Gasteiger partial charge in [0, 0.05) is 18.0 Å². The van der Waals surface area contributed by atoms with Crippen molar-refractivity contribution < 1.29 is 14.3 Å². The largest absolute Gasteiger partial charge is 0.493 e. The number of hydrogen-bond acceptors (Lipinski definition) is 6. The number of aromatic nitrogens is 2. The molecule has 0 unspecified atom stereocenters. The Morgan fingerprint density at radius 3 is 2.77 bits per heavy atom. The van der Waals surface area contributed by atoms with E-state index in [-0.39, 0.29) is 5.91 Å². The van der Waals surface area contributed by atoms with Gasteiger partial charge in [0.15, 0.2) is 11.5 Å². The first-order valence-electron chi connectivity index (χ1n) is 8.13. The third kappa shape index (κ3) is 3.83. The molecule has 3 aromatic rings. The van der Waals surface area contributed by atoms with Crippen LogP contribution >= 0.6 is 11.3 Å². The third-order valence-electron chi connectivity index (χ3n) is 3.61. The van der Waals surface area contributed by atoms with Crippen LogP contribution in [0.5, 0.6) is 11.5 Å². The highest BCUT2D eigenvalue weighted by molar-refractivity contribution is 7.17. The molecular formula is C19H19N3O3S. The molecule has 26 heavy (non-hydrogen) atoms. The van der Waals surface area contributed by atoms with E-state index in [0.717, 1.165) is 10.7 Å². The minimum Gasteiger partial charge on any atom is -0.493 e. The Hall–Kier alpha value is -2.93. The fraction of sp³-hybridized carbons (Fsp3) is 0.211. The summed E-state index contributed by atoms with van der Waals surface area (Å²) in [7, 11) is 1.57. The highest BCUT2D eigenvalue weighted by Crippen LogP contribution is 2.31. The fourth-order valence-electron chi connectivity index (χ4n) is 2.41. The number of nitrogens with zero attached hydrogens (tertiary/aromatic N) is 2. The summed E-state index contributed by atoms with van der Waals surface area (Å²) >= 11 is 1.32. The van der Waals surface area contributed by atoms with Gasteiger partial charge in [-0.15, -0.1) is 11.3 Å². The molecule has 1 N–H and O–H groups in total. The molecule has 0 spiro atoms. The van der Waals surface area contributed by atoms with Crippen molar-refractivity contribution in [3.8, 4) is 22.2 Å². The second kappa shape index (κ2) is 7.97. The Bertz CT molecular complexity index is 910. The number of methoxy groups -OCH3 is 1. The van der Waals surface area contributed by atoms with Gasteiger partial charge < -0.3 is 14.8 Å². The van der Waals surface area contributed by atoms with Crippen LogP contribution in [0.15, 0.2) is 42.6 Å². The zero-order valence-corrected chi connectivity index (χ0v) is 15.6. The molecule has 3 rings (SSSR count). The van der Waals surface area contributed by atoms with Gasteiger partial charge in [0.05, 0.1) is 25.1 Å². The Morgan fingerprint density at radius 2 is 2.08 bits per heavy atom. The molecule has 1 amide bonds. The van der Waals surface area contributed by atoms with Gasteiger partial charge in [0.1, 0.15) is 9.88 Å². The summed E-state index contributed by atoms with van der Waals surface area (Å²) in [6.45, 7) is 4.26. The van der Waals surface area contributed by atoms with Crippen molar-refractivity contribution >= 4 is 22.9 Å². The van der Waals surface area contributed by atoms with Crippen LogP contribution in [0.25, 0.3) is 10.7 Å². The van der Waals surface area contributed by atoms with Gasteiger partial charge >= 0.3 is 0 Å². The minimum absolute atomic E-state index is 0.214. The van der Waals surface area contributed by atoms with Crippen molar-refractivity contribution in [3.05, 3.63) is 53.2 Å². The summed E-state index contributed by atoms with van der Waals surface area (Å²) < 4.78 is 10.8. The number of carbonyl (C=O) groups is 1. The standard InChI is InChI=1S/C19H19N3O3S/c1-4-25-15-9-8-13(11-16(15)24-3)22-18(23)17-12(2)21-19(26-17)14-7-5-6-10-20-14/h5-11H,4H2,1-3H3,(H,22,23). The molecule has 7 heteroatoms. The maximum atomic E-state index is 12.7. The molecule has 0 saturated heterocycles. The fourth-order valence-corrected chi connectivity index (χ4v) is 3.35. The molecule has 0 aliphatic carbocycles. The molecule has 0 bridgehead atoms. The van der Waals surface area contributed by atoms with Gasteiger partial charge in [-0.25, -0.2) is 4.98 Å². The van der Waals surface area contributed by atoms with Crippen molar-refractivity contribution in [2.75, 3.05) is 19.0 Å². The zero-order valence-electron chi connectivity index (χ0n) is 14.8. The van der Waals surface area contributed by atoms with E-state index in [4.69, 9.17) is 9.47 Å². The average Bonchev–Trinajstić information content (AvgIpc) is 3.06. The topological polar surface area (TPSA) is 73.3 Å². The zero-order chi connectivity index (χ0) is 18.5. The highest BCUT2D eigenvalue weighted by Gasteiger charge is 2.17. The Kier molecular flexibility index (Phi) is 5.48. The van der Waals surface area contributed by atoms with E-state index in [9.17, 15) is 4.79 Å². The van der Waals surface area contributed by atoms with Gasteiger partial charge in [-0.3, -0.25) is 9.78 Å². The van der Waals surface area contributed by atoms with E-state index in [2.05, 4.69) is 15.3 Å². The van der Waals surface area contributed by atoms with E-state index in [1.165, 1.54) is 11.3 Å². The number of aryl methyl sites for hydroxylation is 1. The summed E-state index contributed by atoms with van der Waals surface area (Å²) in [5.74, 6) is 0.993. The first kappa shape index (κ1) is 17.9. The number of carbonyl (C=O) groups excluding carboxylic acids is 1. The number of nitrogens with one attached hydrogen (secondary N) is 1. The molecule has 2 heterocycles. The lowest BCUT2D eigenvalue weighted by Gasteiger charge is -2.11. The van der Waals surface area contributed by atoms with Crippen LogP contribution in [0.1, 0.15) is 22.3 Å². The molecule has 0 saturated carbocycles. The second-order valence-corrected chi connectivity index (χ2v) is 6.40. The summed E-state index contributed by atoms with van der Waals surface area (Å²) in [5, 5.41) is 3.60. The highest BCUT2D eigenvalue weighted by atomic mass is 32.1. The number of pyridine rings is 1. The Balaban J connectivity index is 1.81. The van der Waals surface area contributed by atoms with Crippen LogP contribution in [-0.2, 0) is 0 Å². The number of hydrogen-bond donors (Lipinski definition) is 1. The number of anilines is 1. The average molecular weight is 369 g/mol. The Morgan fingerprint density at radius 1 is 1.23 bits per heavy atom. The van der Waals surface area contributed by atoms with Crippen LogP contribution in [0.4, 0.5) is 5.69 Å². The van der Waals surface area contributed by atoms with Crippen LogP contribution in [0.2, 0.25) is 0 Å². The molecule has 0 aliphatic rings. The lowest BCUT2D eigenvalue weighted by Crippen LogP contribution is -2.11. The van der Waals surface area contributed by atoms with Crippen LogP contribution in [-0.4, -0.2) is 29.6 Å². The van der Waals surface area contributed by atoms with Crippen molar-refractivity contribution in [1.29, 1.82) is 0 Å². The quantitative estimate of drug-likeness (QED) is 0.706. The van der Waals surface area contributed by atoms with E-state index in [1.807, 2.05) is 32.0 Å². The van der Waals surface area contributed by atoms with Crippen LogP contribution in [0, 0.1) is 6.92 Å². The minimum atomic E-state index is -0.214. The molecule has 0 aliphatic heterocycles. The maximum Gasteiger partial charge on any atom is 0.267 e. The molecule has 6 nitrogen and oxygen atoms in total. The van der Waals surface area contributed by atoms with Gasteiger partial charge in [-0.1, -0.05) is 6.07 Å². The normalized spacial score (nSPS) is 10.4. The first-order chi connectivity index (χ1) is 12.6. The van der Waals surface area contributed by atoms with E-state index >= 15 is 0 Å². The maximum absolute atomic E-state index is 12.7. The van der Waals surface area contributed by atoms with E-state index in [1.54, 1.807) is 31.5 Å². The number of amides is 1. The van der Waals surface area contributed by atoms with Gasteiger partial charge in [0.25, 0.3) is 5.91 Å². The second-order valence-electron chi connectivity index (χ2n) is 5.40. The van der Waals surface area contributed by atoms with E-state index in [0.29, 0.717) is 34.4 Å². The van der Waals surface area contributed by atoms with Crippen molar-refractivity contribution in [2.45, 2.75) is 13.8 Å². The predicted molar refractivity (Wildman–Crippen MR) is 102 cm³/mol. The van der Waals surface area contributed by atoms with E-state index < -0.39 is 0 Å². The van der Waals surface area contributed by atoms with Crippen LogP contribution in [0.3, 0.4) is 0 Å². The Labute approximate surface area is 155 Å². The lowest BCUT2D eigenvalue weighted by molar-refractivity contribution is 0.103. The SMILES string of the molecule is CCOc1ccc(NC(=O)c2sc(-c3ccccn3)nc2C)cc1OC. The molecule has 134 valence electrons. The molecule has 2 aromatic heterocycles. The first-order valence-corrected chi connectivity index (χ1v) is 8.95.